The first-order valence-corrected chi connectivity index (χ1v) is 5.09. The van der Waals surface area contributed by atoms with Crippen LogP contribution in [0.3, 0.4) is 0 Å². The van der Waals surface area contributed by atoms with Gasteiger partial charge in [-0.3, -0.25) is 0 Å². The number of amides is 2. The van der Waals surface area contributed by atoms with E-state index < -0.39 is 17.5 Å². The first-order chi connectivity index (χ1) is 7.35. The van der Waals surface area contributed by atoms with Gasteiger partial charge in [0.2, 0.25) is 0 Å². The molecule has 0 spiro atoms. The van der Waals surface area contributed by atoms with Gasteiger partial charge in [0.05, 0.1) is 6.54 Å². The Morgan fingerprint density at radius 2 is 2.06 bits per heavy atom. The monoisotopic (exact) mass is 226 g/mol. The van der Waals surface area contributed by atoms with Crippen molar-refractivity contribution in [2.75, 3.05) is 13.1 Å². The average Bonchev–Trinajstić information content (AvgIpc) is 2.16. The summed E-state index contributed by atoms with van der Waals surface area (Å²) in [6, 6.07) is -0.452. The van der Waals surface area contributed by atoms with Crippen molar-refractivity contribution < 1.29 is 14.7 Å². The Labute approximate surface area is 95.8 Å². The highest BCUT2D eigenvalue weighted by Gasteiger charge is 2.30. The number of hydrogen-bond acceptors (Lipinski definition) is 2. The van der Waals surface area contributed by atoms with Crippen LogP contribution in [0.1, 0.15) is 27.2 Å². The van der Waals surface area contributed by atoms with Gasteiger partial charge in [-0.1, -0.05) is 12.8 Å². The van der Waals surface area contributed by atoms with Crippen LogP contribution in [-0.2, 0) is 4.79 Å². The standard InChI is InChI=1S/C11H18N2O3/c1-5-7-13(8-6-2)10(16)12-11(3,4)9(14)15/h1H,6-8H2,2-4H3,(H,12,16)(H,14,15). The molecular formula is C11H18N2O3. The Hall–Kier alpha value is -1.70. The number of nitrogens with zero attached hydrogens (tertiary/aromatic N) is 1. The fourth-order valence-electron chi connectivity index (χ4n) is 1.03. The van der Waals surface area contributed by atoms with E-state index in [1.165, 1.54) is 18.7 Å². The topological polar surface area (TPSA) is 69.6 Å². The maximum absolute atomic E-state index is 11.7. The fraction of sp³-hybridized carbons (Fsp3) is 0.636. The fourth-order valence-corrected chi connectivity index (χ4v) is 1.03. The van der Waals surface area contributed by atoms with Crippen molar-refractivity contribution in [1.29, 1.82) is 0 Å². The molecule has 0 unspecified atom stereocenters. The number of nitrogens with one attached hydrogen (secondary N) is 1. The summed E-state index contributed by atoms with van der Waals surface area (Å²) in [6.45, 7) is 5.45. The van der Waals surface area contributed by atoms with Gasteiger partial charge in [-0.25, -0.2) is 9.59 Å². The van der Waals surface area contributed by atoms with Crippen LogP contribution in [0.25, 0.3) is 0 Å². The van der Waals surface area contributed by atoms with Crippen LogP contribution >= 0.6 is 0 Å². The van der Waals surface area contributed by atoms with Crippen LogP contribution in [-0.4, -0.2) is 40.6 Å². The molecule has 0 fully saturated rings. The van der Waals surface area contributed by atoms with Crippen LogP contribution in [0.5, 0.6) is 0 Å². The molecule has 0 saturated heterocycles. The van der Waals surface area contributed by atoms with E-state index in [9.17, 15) is 9.59 Å². The summed E-state index contributed by atoms with van der Waals surface area (Å²) >= 11 is 0. The Morgan fingerprint density at radius 1 is 1.50 bits per heavy atom. The molecule has 0 aliphatic heterocycles. The predicted octanol–water partition coefficient (Wildman–Crippen LogP) is 0.904. The quantitative estimate of drug-likeness (QED) is 0.684. The Morgan fingerprint density at radius 3 is 2.44 bits per heavy atom. The molecular weight excluding hydrogens is 208 g/mol. The molecule has 90 valence electrons. The number of carbonyl (C=O) groups is 2. The second-order valence-corrected chi connectivity index (χ2v) is 3.99. The van der Waals surface area contributed by atoms with Gasteiger partial charge >= 0.3 is 12.0 Å². The largest absolute Gasteiger partial charge is 0.480 e. The molecule has 0 radical (unpaired) electrons. The molecule has 2 amide bonds. The zero-order valence-corrected chi connectivity index (χ0v) is 9.91. The second kappa shape index (κ2) is 6.01. The Kier molecular flexibility index (Phi) is 5.37. The summed E-state index contributed by atoms with van der Waals surface area (Å²) in [6.07, 6.45) is 5.90. The van der Waals surface area contributed by atoms with E-state index in [0.29, 0.717) is 6.54 Å². The van der Waals surface area contributed by atoms with Crippen molar-refractivity contribution in [2.24, 2.45) is 0 Å². The van der Waals surface area contributed by atoms with E-state index in [2.05, 4.69) is 11.2 Å². The van der Waals surface area contributed by atoms with Gasteiger partial charge in [-0.15, -0.1) is 6.42 Å². The lowest BCUT2D eigenvalue weighted by Gasteiger charge is -2.26. The van der Waals surface area contributed by atoms with E-state index in [-0.39, 0.29) is 6.54 Å². The third-order valence-corrected chi connectivity index (χ3v) is 2.02. The molecule has 0 aliphatic carbocycles. The molecule has 0 bridgehead atoms. The van der Waals surface area contributed by atoms with Crippen molar-refractivity contribution >= 4 is 12.0 Å². The number of urea groups is 1. The van der Waals surface area contributed by atoms with Gasteiger partial charge in [-0.05, 0) is 20.3 Å². The highest BCUT2D eigenvalue weighted by atomic mass is 16.4. The van der Waals surface area contributed by atoms with Gasteiger partial charge < -0.3 is 15.3 Å². The van der Waals surface area contributed by atoms with E-state index >= 15 is 0 Å². The van der Waals surface area contributed by atoms with E-state index in [0.717, 1.165) is 6.42 Å². The third-order valence-electron chi connectivity index (χ3n) is 2.02. The van der Waals surface area contributed by atoms with Gasteiger partial charge in [-0.2, -0.15) is 0 Å². The lowest BCUT2D eigenvalue weighted by Crippen LogP contribution is -2.54. The van der Waals surface area contributed by atoms with Crippen molar-refractivity contribution in [3.05, 3.63) is 0 Å². The maximum atomic E-state index is 11.7. The predicted molar refractivity (Wildman–Crippen MR) is 60.9 cm³/mol. The van der Waals surface area contributed by atoms with E-state index in [1.54, 1.807) is 0 Å². The van der Waals surface area contributed by atoms with Crippen LogP contribution in [0.2, 0.25) is 0 Å². The number of carboxylic acid groups (broad SMARTS) is 1. The van der Waals surface area contributed by atoms with Crippen molar-refractivity contribution in [1.82, 2.24) is 10.2 Å². The van der Waals surface area contributed by atoms with Gasteiger partial charge in [0.15, 0.2) is 0 Å². The van der Waals surface area contributed by atoms with Crippen molar-refractivity contribution in [2.45, 2.75) is 32.7 Å². The number of aliphatic carboxylic acids is 1. The number of rotatable bonds is 5. The maximum Gasteiger partial charge on any atom is 0.328 e. The smallest absolute Gasteiger partial charge is 0.328 e. The number of carboxylic acids is 1. The lowest BCUT2D eigenvalue weighted by atomic mass is 10.1. The zero-order valence-electron chi connectivity index (χ0n) is 9.91. The molecule has 16 heavy (non-hydrogen) atoms. The minimum atomic E-state index is -1.29. The minimum absolute atomic E-state index is 0.176. The highest BCUT2D eigenvalue weighted by molar-refractivity contribution is 5.85. The summed E-state index contributed by atoms with van der Waals surface area (Å²) in [5.41, 5.74) is -1.29. The first-order valence-electron chi connectivity index (χ1n) is 5.09. The molecule has 0 atom stereocenters. The Bertz CT molecular complexity index is 305. The summed E-state index contributed by atoms with van der Waals surface area (Å²) in [5, 5.41) is 11.3. The highest BCUT2D eigenvalue weighted by Crippen LogP contribution is 2.03. The minimum Gasteiger partial charge on any atom is -0.480 e. The summed E-state index contributed by atoms with van der Waals surface area (Å²) < 4.78 is 0. The van der Waals surface area contributed by atoms with E-state index in [4.69, 9.17) is 11.5 Å². The van der Waals surface area contributed by atoms with Crippen molar-refractivity contribution in [3.63, 3.8) is 0 Å². The molecule has 0 aliphatic rings. The van der Waals surface area contributed by atoms with Gasteiger partial charge in [0.1, 0.15) is 5.54 Å². The van der Waals surface area contributed by atoms with Crippen LogP contribution in [0.15, 0.2) is 0 Å². The average molecular weight is 226 g/mol. The molecule has 5 nitrogen and oxygen atoms in total. The van der Waals surface area contributed by atoms with Crippen LogP contribution in [0.4, 0.5) is 4.79 Å². The van der Waals surface area contributed by atoms with E-state index in [1.807, 2.05) is 6.92 Å². The molecule has 0 aromatic heterocycles. The molecule has 0 aromatic carbocycles. The number of carbonyl (C=O) groups excluding carboxylic acids is 1. The second-order valence-electron chi connectivity index (χ2n) is 3.99. The van der Waals surface area contributed by atoms with Gasteiger partial charge in [0, 0.05) is 6.54 Å². The van der Waals surface area contributed by atoms with Crippen LogP contribution < -0.4 is 5.32 Å². The molecule has 0 aromatic rings. The summed E-state index contributed by atoms with van der Waals surface area (Å²) in [5.74, 6) is 1.28. The summed E-state index contributed by atoms with van der Waals surface area (Å²) in [7, 11) is 0. The molecule has 2 N–H and O–H groups in total. The molecule has 0 saturated carbocycles. The van der Waals surface area contributed by atoms with Crippen LogP contribution in [0, 0.1) is 12.3 Å². The number of hydrogen-bond donors (Lipinski definition) is 2. The first kappa shape index (κ1) is 14.3. The third kappa shape index (κ3) is 4.22. The normalized spacial score (nSPS) is 10.4. The zero-order chi connectivity index (χ0) is 12.8. The summed E-state index contributed by atoms with van der Waals surface area (Å²) in [4.78, 5) is 23.9. The molecule has 0 rings (SSSR count). The van der Waals surface area contributed by atoms with Crippen molar-refractivity contribution in [3.8, 4) is 12.3 Å². The SMILES string of the molecule is C#CCN(CCC)C(=O)NC(C)(C)C(=O)O. The lowest BCUT2D eigenvalue weighted by molar-refractivity contribution is -0.143. The Balaban J connectivity index is 4.53. The number of terminal acetylenes is 1. The van der Waals surface area contributed by atoms with Gasteiger partial charge in [0.25, 0.3) is 0 Å². The molecule has 5 heteroatoms. The molecule has 0 heterocycles.